The van der Waals surface area contributed by atoms with E-state index < -0.39 is 0 Å². The second kappa shape index (κ2) is 8.04. The summed E-state index contributed by atoms with van der Waals surface area (Å²) in [6.07, 6.45) is 4.15. The van der Waals surface area contributed by atoms with Crippen LogP contribution >= 0.6 is 11.6 Å². The molecule has 0 bridgehead atoms. The first kappa shape index (κ1) is 18.6. The molecule has 0 spiro atoms. The van der Waals surface area contributed by atoms with E-state index in [1.165, 1.54) is 12.0 Å². The van der Waals surface area contributed by atoms with E-state index in [0.717, 1.165) is 61.0 Å². The predicted molar refractivity (Wildman–Crippen MR) is 107 cm³/mol. The van der Waals surface area contributed by atoms with Gasteiger partial charge in [-0.05, 0) is 37.0 Å². The Labute approximate surface area is 160 Å². The van der Waals surface area contributed by atoms with Crippen molar-refractivity contribution in [2.75, 3.05) is 31.1 Å². The fourth-order valence-electron chi connectivity index (χ4n) is 3.56. The Morgan fingerprint density at radius 1 is 1.27 bits per heavy atom. The molecular formula is C20H27ClN4O. The van der Waals surface area contributed by atoms with Gasteiger partial charge in [0.1, 0.15) is 0 Å². The molecule has 5 nitrogen and oxygen atoms in total. The van der Waals surface area contributed by atoms with Crippen molar-refractivity contribution in [3.05, 3.63) is 52.5 Å². The van der Waals surface area contributed by atoms with Crippen LogP contribution in [-0.4, -0.2) is 37.0 Å². The predicted octanol–water partition coefficient (Wildman–Crippen LogP) is 3.01. The number of rotatable bonds is 5. The van der Waals surface area contributed by atoms with Crippen molar-refractivity contribution >= 4 is 23.2 Å². The number of allylic oxidation sites excluding steroid dienone is 2. The summed E-state index contributed by atoms with van der Waals surface area (Å²) in [6, 6.07) is 6.04. The van der Waals surface area contributed by atoms with Crippen LogP contribution in [0, 0.1) is 0 Å². The summed E-state index contributed by atoms with van der Waals surface area (Å²) in [4.78, 5) is 15.8. The molecule has 0 atom stereocenters. The van der Waals surface area contributed by atoms with E-state index >= 15 is 0 Å². The van der Waals surface area contributed by atoms with Gasteiger partial charge in [-0.25, -0.2) is 0 Å². The van der Waals surface area contributed by atoms with Crippen LogP contribution in [0.2, 0.25) is 5.02 Å². The van der Waals surface area contributed by atoms with Crippen molar-refractivity contribution < 1.29 is 4.79 Å². The van der Waals surface area contributed by atoms with Gasteiger partial charge in [0.25, 0.3) is 0 Å². The van der Waals surface area contributed by atoms with Gasteiger partial charge in [-0.1, -0.05) is 29.8 Å². The molecule has 1 aromatic rings. The molecule has 1 aliphatic carbocycles. The van der Waals surface area contributed by atoms with Crippen LogP contribution in [0.25, 0.3) is 0 Å². The summed E-state index contributed by atoms with van der Waals surface area (Å²) >= 11 is 6.58. The Morgan fingerprint density at radius 2 is 1.96 bits per heavy atom. The van der Waals surface area contributed by atoms with E-state index in [4.69, 9.17) is 17.3 Å². The molecule has 26 heavy (non-hydrogen) atoms. The Kier molecular flexibility index (Phi) is 5.77. The zero-order chi connectivity index (χ0) is 18.7. The summed E-state index contributed by atoms with van der Waals surface area (Å²) in [5.41, 5.74) is 10.6. The highest BCUT2D eigenvalue weighted by Gasteiger charge is 2.23. The number of carbonyl (C=O) groups excluding carboxylic acids is 1. The lowest BCUT2D eigenvalue weighted by atomic mass is 9.88. The number of halogens is 1. The number of carbonyl (C=O) groups is 1. The van der Waals surface area contributed by atoms with E-state index in [2.05, 4.69) is 22.9 Å². The standard InChI is InChI=1S/C20H27ClN4O/c1-14(22)23-19(16-5-3-6-16)13-17-18(21)7-4-8-20(17)25-11-9-24(10-12-25)15(2)26/h4,7-8,23H,1,3,5-6,9-13,22H2,2H3. The van der Waals surface area contributed by atoms with Crippen LogP contribution in [0.5, 0.6) is 0 Å². The van der Waals surface area contributed by atoms with Crippen molar-refractivity contribution in [3.63, 3.8) is 0 Å². The Morgan fingerprint density at radius 3 is 2.50 bits per heavy atom. The van der Waals surface area contributed by atoms with Crippen LogP contribution in [0.1, 0.15) is 31.7 Å². The second-order valence-corrected chi connectivity index (χ2v) is 7.40. The Hall–Kier alpha value is -2.14. The number of benzene rings is 1. The SMILES string of the molecule is C=C(N)NC(Cc1c(Cl)cccc1N1CCN(C(C)=O)CC1)=C1CCC1. The number of amides is 1. The van der Waals surface area contributed by atoms with Crippen LogP contribution < -0.4 is 16.0 Å². The number of piperazine rings is 1. The molecule has 140 valence electrons. The lowest BCUT2D eigenvalue weighted by Gasteiger charge is -2.37. The molecule has 1 saturated carbocycles. The summed E-state index contributed by atoms with van der Waals surface area (Å²) < 4.78 is 0. The molecule has 1 saturated heterocycles. The molecule has 1 heterocycles. The highest BCUT2D eigenvalue weighted by molar-refractivity contribution is 6.31. The molecule has 6 heteroatoms. The minimum absolute atomic E-state index is 0.138. The highest BCUT2D eigenvalue weighted by Crippen LogP contribution is 2.34. The summed E-state index contributed by atoms with van der Waals surface area (Å²) in [5, 5.41) is 4.00. The third-order valence-corrected chi connectivity index (χ3v) is 5.56. The van der Waals surface area contributed by atoms with Crippen molar-refractivity contribution in [2.45, 2.75) is 32.6 Å². The number of nitrogens with two attached hydrogens (primary N) is 1. The largest absolute Gasteiger partial charge is 0.386 e. The molecule has 0 radical (unpaired) electrons. The molecule has 1 aliphatic heterocycles. The second-order valence-electron chi connectivity index (χ2n) is 6.99. The summed E-state index contributed by atoms with van der Waals surface area (Å²) in [7, 11) is 0. The molecule has 2 fully saturated rings. The van der Waals surface area contributed by atoms with Gasteiger partial charge in [-0.3, -0.25) is 4.79 Å². The number of nitrogens with zero attached hydrogens (tertiary/aromatic N) is 2. The monoisotopic (exact) mass is 374 g/mol. The van der Waals surface area contributed by atoms with Crippen LogP contribution in [0.15, 0.2) is 41.9 Å². The van der Waals surface area contributed by atoms with Gasteiger partial charge >= 0.3 is 0 Å². The number of hydrogen-bond acceptors (Lipinski definition) is 4. The minimum atomic E-state index is 0.138. The molecule has 2 aliphatic rings. The quantitative estimate of drug-likeness (QED) is 0.831. The molecule has 3 N–H and O–H groups in total. The maximum Gasteiger partial charge on any atom is 0.219 e. The lowest BCUT2D eigenvalue weighted by molar-refractivity contribution is -0.129. The first-order chi connectivity index (χ1) is 12.5. The summed E-state index contributed by atoms with van der Waals surface area (Å²) in [5.74, 6) is 0.599. The van der Waals surface area contributed by atoms with E-state index in [-0.39, 0.29) is 5.91 Å². The van der Waals surface area contributed by atoms with E-state index in [1.807, 2.05) is 17.0 Å². The number of nitrogens with one attached hydrogen (secondary N) is 1. The summed E-state index contributed by atoms with van der Waals surface area (Å²) in [6.45, 7) is 8.53. The van der Waals surface area contributed by atoms with Gasteiger partial charge in [0.2, 0.25) is 5.91 Å². The maximum absolute atomic E-state index is 11.6. The van der Waals surface area contributed by atoms with Crippen molar-refractivity contribution in [1.29, 1.82) is 0 Å². The Balaban J connectivity index is 1.84. The van der Waals surface area contributed by atoms with Crippen molar-refractivity contribution in [3.8, 4) is 0 Å². The van der Waals surface area contributed by atoms with Crippen LogP contribution in [0.4, 0.5) is 5.69 Å². The fraction of sp³-hybridized carbons (Fsp3) is 0.450. The average Bonchev–Trinajstić information content (AvgIpc) is 2.54. The normalized spacial score (nSPS) is 16.9. The molecule has 1 aromatic carbocycles. The minimum Gasteiger partial charge on any atom is -0.386 e. The number of anilines is 1. The number of hydrogen-bond donors (Lipinski definition) is 2. The third-order valence-electron chi connectivity index (χ3n) is 5.21. The van der Waals surface area contributed by atoms with E-state index in [1.54, 1.807) is 6.92 Å². The molecule has 0 unspecified atom stereocenters. The van der Waals surface area contributed by atoms with Gasteiger partial charge in [0.05, 0.1) is 5.82 Å². The first-order valence-electron chi connectivity index (χ1n) is 9.16. The van der Waals surface area contributed by atoms with Gasteiger partial charge in [-0.15, -0.1) is 0 Å². The van der Waals surface area contributed by atoms with Crippen LogP contribution in [-0.2, 0) is 11.2 Å². The average molecular weight is 375 g/mol. The Bertz CT molecular complexity index is 729. The fourth-order valence-corrected chi connectivity index (χ4v) is 3.80. The molecular weight excluding hydrogens is 348 g/mol. The molecule has 0 aromatic heterocycles. The van der Waals surface area contributed by atoms with Gasteiger partial charge in [-0.2, -0.15) is 0 Å². The smallest absolute Gasteiger partial charge is 0.219 e. The van der Waals surface area contributed by atoms with Gasteiger partial charge in [0.15, 0.2) is 0 Å². The van der Waals surface area contributed by atoms with E-state index in [9.17, 15) is 4.79 Å². The van der Waals surface area contributed by atoms with Crippen molar-refractivity contribution in [1.82, 2.24) is 10.2 Å². The van der Waals surface area contributed by atoms with Gasteiger partial charge in [0, 0.05) is 55.9 Å². The zero-order valence-electron chi connectivity index (χ0n) is 15.4. The van der Waals surface area contributed by atoms with Crippen LogP contribution in [0.3, 0.4) is 0 Å². The lowest BCUT2D eigenvalue weighted by Crippen LogP contribution is -2.48. The van der Waals surface area contributed by atoms with E-state index in [0.29, 0.717) is 12.2 Å². The third kappa shape index (κ3) is 4.15. The topological polar surface area (TPSA) is 61.6 Å². The van der Waals surface area contributed by atoms with Crippen molar-refractivity contribution in [2.24, 2.45) is 5.73 Å². The van der Waals surface area contributed by atoms with Gasteiger partial charge < -0.3 is 20.9 Å². The molecule has 3 rings (SSSR count). The highest BCUT2D eigenvalue weighted by atomic mass is 35.5. The zero-order valence-corrected chi connectivity index (χ0v) is 16.1. The molecule has 1 amide bonds. The maximum atomic E-state index is 11.6. The first-order valence-corrected chi connectivity index (χ1v) is 9.53.